The first-order valence-electron chi connectivity index (χ1n) is 4.70. The Labute approximate surface area is 95.6 Å². The lowest BCUT2D eigenvalue weighted by molar-refractivity contribution is -0.139. The monoisotopic (exact) mass is 250 g/mol. The van der Waals surface area contributed by atoms with E-state index in [4.69, 9.17) is 17.3 Å². The highest BCUT2D eigenvalue weighted by Gasteiger charge is 2.44. The summed E-state index contributed by atoms with van der Waals surface area (Å²) >= 11 is 5.82. The van der Waals surface area contributed by atoms with Gasteiger partial charge in [0.2, 0.25) is 0 Å². The van der Waals surface area contributed by atoms with Gasteiger partial charge in [-0.3, -0.25) is 0 Å². The van der Waals surface area contributed by atoms with Crippen molar-refractivity contribution in [1.29, 1.82) is 0 Å². The van der Waals surface area contributed by atoms with Crippen molar-refractivity contribution < 1.29 is 13.2 Å². The van der Waals surface area contributed by atoms with E-state index in [-0.39, 0.29) is 10.6 Å². The van der Waals surface area contributed by atoms with Crippen molar-refractivity contribution in [2.45, 2.75) is 11.7 Å². The Bertz CT molecular complexity index is 413. The highest BCUT2D eigenvalue weighted by atomic mass is 35.5. The fraction of sp³-hybridized carbons (Fsp3) is 0.400. The van der Waals surface area contributed by atoms with Crippen LogP contribution >= 0.6 is 11.6 Å². The Hall–Kier alpha value is -0.780. The Morgan fingerprint density at radius 3 is 2.38 bits per heavy atom. The lowest BCUT2D eigenvalue weighted by Crippen LogP contribution is -2.63. The van der Waals surface area contributed by atoms with Gasteiger partial charge in [-0.05, 0) is 12.1 Å². The second-order valence-corrected chi connectivity index (χ2v) is 4.33. The van der Waals surface area contributed by atoms with E-state index in [1.54, 1.807) is 0 Å². The Morgan fingerprint density at radius 1 is 1.31 bits per heavy atom. The third-order valence-electron chi connectivity index (χ3n) is 2.70. The van der Waals surface area contributed by atoms with Crippen molar-refractivity contribution in [2.24, 2.45) is 5.73 Å². The number of benzene rings is 1. The molecule has 0 aliphatic carbocycles. The quantitative estimate of drug-likeness (QED) is 0.801. The molecule has 1 aliphatic rings. The molecule has 1 aromatic carbocycles. The van der Waals surface area contributed by atoms with E-state index in [0.29, 0.717) is 13.1 Å². The van der Waals surface area contributed by atoms with Crippen molar-refractivity contribution in [3.8, 4) is 0 Å². The van der Waals surface area contributed by atoms with Gasteiger partial charge in [0.05, 0.1) is 11.1 Å². The van der Waals surface area contributed by atoms with Crippen LogP contribution in [0.4, 0.5) is 13.2 Å². The SMILES string of the molecule is NC1(c2c(Cl)cccc2C(F)(F)F)CNC1. The zero-order valence-corrected chi connectivity index (χ0v) is 8.99. The van der Waals surface area contributed by atoms with Crippen LogP contribution in [0.3, 0.4) is 0 Å². The van der Waals surface area contributed by atoms with Gasteiger partial charge in [-0.2, -0.15) is 13.2 Å². The fourth-order valence-corrected chi connectivity index (χ4v) is 2.20. The van der Waals surface area contributed by atoms with Crippen LogP contribution in [0.15, 0.2) is 18.2 Å². The largest absolute Gasteiger partial charge is 0.416 e. The molecule has 0 radical (unpaired) electrons. The zero-order chi connectivity index (χ0) is 12.0. The molecule has 6 heteroatoms. The minimum absolute atomic E-state index is 0.0112. The van der Waals surface area contributed by atoms with Crippen molar-refractivity contribution in [3.05, 3.63) is 34.3 Å². The lowest BCUT2D eigenvalue weighted by Gasteiger charge is -2.41. The third-order valence-corrected chi connectivity index (χ3v) is 3.01. The molecule has 1 aromatic rings. The van der Waals surface area contributed by atoms with Crippen LogP contribution in [0.2, 0.25) is 5.02 Å². The Balaban J connectivity index is 2.58. The summed E-state index contributed by atoms with van der Waals surface area (Å²) < 4.78 is 38.4. The van der Waals surface area contributed by atoms with Crippen LogP contribution in [0.5, 0.6) is 0 Å². The molecule has 16 heavy (non-hydrogen) atoms. The van der Waals surface area contributed by atoms with Crippen LogP contribution in [0, 0.1) is 0 Å². The number of hydrogen-bond donors (Lipinski definition) is 2. The maximum atomic E-state index is 12.8. The normalized spacial score (nSPS) is 19.3. The predicted molar refractivity (Wildman–Crippen MR) is 55.2 cm³/mol. The molecule has 1 aliphatic heterocycles. The Kier molecular flexibility index (Phi) is 2.64. The summed E-state index contributed by atoms with van der Waals surface area (Å²) in [6.45, 7) is 0.611. The number of nitrogens with one attached hydrogen (secondary N) is 1. The van der Waals surface area contributed by atoms with Crippen LogP contribution in [0.25, 0.3) is 0 Å². The van der Waals surface area contributed by atoms with Crippen LogP contribution < -0.4 is 11.1 Å². The molecule has 0 spiro atoms. The van der Waals surface area contributed by atoms with Gasteiger partial charge in [-0.1, -0.05) is 17.7 Å². The first-order valence-corrected chi connectivity index (χ1v) is 5.08. The molecule has 0 unspecified atom stereocenters. The molecule has 1 heterocycles. The number of alkyl halides is 3. The fourth-order valence-electron chi connectivity index (χ4n) is 1.84. The molecule has 0 amide bonds. The number of halogens is 4. The van der Waals surface area contributed by atoms with Gasteiger partial charge in [-0.15, -0.1) is 0 Å². The van der Waals surface area contributed by atoms with Gasteiger partial charge in [0, 0.05) is 23.7 Å². The van der Waals surface area contributed by atoms with Crippen molar-refractivity contribution in [2.75, 3.05) is 13.1 Å². The van der Waals surface area contributed by atoms with Gasteiger partial charge in [0.25, 0.3) is 0 Å². The van der Waals surface area contributed by atoms with Crippen molar-refractivity contribution in [3.63, 3.8) is 0 Å². The minimum atomic E-state index is -4.43. The highest BCUT2D eigenvalue weighted by Crippen LogP contribution is 2.40. The number of hydrogen-bond acceptors (Lipinski definition) is 2. The van der Waals surface area contributed by atoms with Gasteiger partial charge in [0.15, 0.2) is 0 Å². The van der Waals surface area contributed by atoms with E-state index in [1.807, 2.05) is 0 Å². The van der Waals surface area contributed by atoms with Crippen molar-refractivity contribution in [1.82, 2.24) is 5.32 Å². The van der Waals surface area contributed by atoms with E-state index in [1.165, 1.54) is 12.1 Å². The van der Waals surface area contributed by atoms with E-state index in [9.17, 15) is 13.2 Å². The molecule has 2 nitrogen and oxygen atoms in total. The first kappa shape index (κ1) is 11.7. The average molecular weight is 251 g/mol. The topological polar surface area (TPSA) is 38.0 Å². The number of rotatable bonds is 1. The summed E-state index contributed by atoms with van der Waals surface area (Å²) in [5.74, 6) is 0. The zero-order valence-electron chi connectivity index (χ0n) is 8.24. The summed E-state index contributed by atoms with van der Waals surface area (Å²) in [5, 5.41) is 2.92. The summed E-state index contributed by atoms with van der Waals surface area (Å²) in [6.07, 6.45) is -4.43. The molecule has 1 fully saturated rings. The molecule has 1 saturated heterocycles. The summed E-state index contributed by atoms with van der Waals surface area (Å²) in [5.41, 5.74) is 4.11. The minimum Gasteiger partial charge on any atom is -0.319 e. The van der Waals surface area contributed by atoms with E-state index >= 15 is 0 Å². The summed E-state index contributed by atoms with van der Waals surface area (Å²) in [7, 11) is 0. The predicted octanol–water partition coefficient (Wildman–Crippen LogP) is 2.12. The van der Waals surface area contributed by atoms with Gasteiger partial charge in [0.1, 0.15) is 0 Å². The molecular formula is C10H10ClF3N2. The molecule has 2 rings (SSSR count). The molecule has 3 N–H and O–H groups in total. The summed E-state index contributed by atoms with van der Waals surface area (Å²) in [6, 6.07) is 3.72. The Morgan fingerprint density at radius 2 is 1.94 bits per heavy atom. The maximum Gasteiger partial charge on any atom is 0.416 e. The second kappa shape index (κ2) is 3.61. The molecule has 0 bridgehead atoms. The first-order chi connectivity index (χ1) is 7.34. The lowest BCUT2D eigenvalue weighted by atomic mass is 9.82. The average Bonchev–Trinajstić information content (AvgIpc) is 2.12. The van der Waals surface area contributed by atoms with E-state index < -0.39 is 17.3 Å². The standard InChI is InChI=1S/C10H10ClF3N2/c11-7-3-1-2-6(10(12,13)14)8(7)9(15)4-16-5-9/h1-3,16H,4-5,15H2. The maximum absolute atomic E-state index is 12.8. The van der Waals surface area contributed by atoms with Crippen LogP contribution in [-0.2, 0) is 11.7 Å². The van der Waals surface area contributed by atoms with Crippen LogP contribution in [-0.4, -0.2) is 13.1 Å². The highest BCUT2D eigenvalue weighted by molar-refractivity contribution is 6.31. The smallest absolute Gasteiger partial charge is 0.319 e. The van der Waals surface area contributed by atoms with Crippen molar-refractivity contribution >= 4 is 11.6 Å². The third kappa shape index (κ3) is 1.79. The van der Waals surface area contributed by atoms with Crippen LogP contribution in [0.1, 0.15) is 11.1 Å². The summed E-state index contributed by atoms with van der Waals surface area (Å²) in [4.78, 5) is 0. The van der Waals surface area contributed by atoms with Gasteiger partial charge >= 0.3 is 6.18 Å². The second-order valence-electron chi connectivity index (χ2n) is 3.92. The van der Waals surface area contributed by atoms with Gasteiger partial charge < -0.3 is 11.1 Å². The molecular weight excluding hydrogens is 241 g/mol. The number of nitrogens with two attached hydrogens (primary N) is 1. The van der Waals surface area contributed by atoms with E-state index in [0.717, 1.165) is 6.07 Å². The molecule has 0 aromatic heterocycles. The van der Waals surface area contributed by atoms with Gasteiger partial charge in [-0.25, -0.2) is 0 Å². The molecule has 0 saturated carbocycles. The molecule has 0 atom stereocenters. The van der Waals surface area contributed by atoms with E-state index in [2.05, 4.69) is 5.32 Å². The molecule has 88 valence electrons.